The zero-order valence-electron chi connectivity index (χ0n) is 6.74. The molecule has 4 heteroatoms. The first-order valence-corrected chi connectivity index (χ1v) is 3.75. The molecule has 1 heterocycles. The third-order valence-corrected chi connectivity index (χ3v) is 1.68. The summed E-state index contributed by atoms with van der Waals surface area (Å²) in [4.78, 5) is 13.5. The van der Waals surface area contributed by atoms with Crippen LogP contribution in [0.5, 0.6) is 5.75 Å². The molecule has 0 aliphatic rings. The summed E-state index contributed by atoms with van der Waals surface area (Å²) in [5.41, 5.74) is -0.291. The maximum absolute atomic E-state index is 10.9. The van der Waals surface area contributed by atoms with Crippen LogP contribution in [0.2, 0.25) is 0 Å². The highest BCUT2D eigenvalue weighted by atomic mass is 16.3. The molecular formula is C8H11NO3. The number of aliphatic hydroxyl groups excluding tert-OH is 1. The average Bonchev–Trinajstić information content (AvgIpc) is 2.08. The van der Waals surface area contributed by atoms with Crippen LogP contribution in [0.4, 0.5) is 0 Å². The van der Waals surface area contributed by atoms with Gasteiger partial charge in [-0.25, -0.2) is 0 Å². The van der Waals surface area contributed by atoms with Crippen molar-refractivity contribution in [2.75, 3.05) is 0 Å². The second-order valence-electron chi connectivity index (χ2n) is 2.53. The Labute approximate surface area is 69.5 Å². The number of rotatable bonds is 2. The molecule has 4 nitrogen and oxygen atoms in total. The number of aliphatic hydroxyl groups is 1. The van der Waals surface area contributed by atoms with Gasteiger partial charge < -0.3 is 15.2 Å². The molecule has 0 bridgehead atoms. The van der Waals surface area contributed by atoms with Crippen LogP contribution < -0.4 is 5.43 Å². The van der Waals surface area contributed by atoms with Gasteiger partial charge in [-0.15, -0.1) is 0 Å². The standard InChI is InChI=1S/C8H11NO3/c1-2-5(10)7-8(12)6(11)3-4-9-7/h3-5,10,12H,2H2,1H3,(H,9,11). The van der Waals surface area contributed by atoms with Crippen molar-refractivity contribution in [3.63, 3.8) is 0 Å². The lowest BCUT2D eigenvalue weighted by atomic mass is 10.1. The van der Waals surface area contributed by atoms with Crippen LogP contribution in [0.3, 0.4) is 0 Å². The summed E-state index contributed by atoms with van der Waals surface area (Å²) < 4.78 is 0. The van der Waals surface area contributed by atoms with E-state index in [0.29, 0.717) is 6.42 Å². The predicted octanol–water partition coefficient (Wildman–Crippen LogP) is 0.524. The molecule has 0 aliphatic heterocycles. The molecule has 1 atom stereocenters. The fourth-order valence-electron chi connectivity index (χ4n) is 0.945. The molecule has 0 fully saturated rings. The molecule has 1 unspecified atom stereocenters. The Morgan fingerprint density at radius 2 is 2.33 bits per heavy atom. The minimum atomic E-state index is -0.807. The maximum Gasteiger partial charge on any atom is 0.223 e. The van der Waals surface area contributed by atoms with E-state index in [-0.39, 0.29) is 5.69 Å². The molecule has 12 heavy (non-hydrogen) atoms. The summed E-state index contributed by atoms with van der Waals surface area (Å²) in [7, 11) is 0. The van der Waals surface area contributed by atoms with Crippen LogP contribution >= 0.6 is 0 Å². The summed E-state index contributed by atoms with van der Waals surface area (Å²) in [6.07, 6.45) is 1.04. The van der Waals surface area contributed by atoms with Crippen molar-refractivity contribution in [2.24, 2.45) is 0 Å². The second kappa shape index (κ2) is 3.40. The Morgan fingerprint density at radius 3 is 2.92 bits per heavy atom. The average molecular weight is 169 g/mol. The molecule has 0 aliphatic carbocycles. The number of nitrogens with one attached hydrogen (secondary N) is 1. The van der Waals surface area contributed by atoms with E-state index in [0.717, 1.165) is 0 Å². The van der Waals surface area contributed by atoms with Gasteiger partial charge in [0.15, 0.2) is 5.75 Å². The van der Waals surface area contributed by atoms with Gasteiger partial charge in [-0.1, -0.05) is 6.92 Å². The Balaban J connectivity index is 3.16. The van der Waals surface area contributed by atoms with E-state index in [1.165, 1.54) is 12.3 Å². The highest BCUT2D eigenvalue weighted by molar-refractivity contribution is 5.26. The third-order valence-electron chi connectivity index (χ3n) is 1.68. The molecule has 0 saturated heterocycles. The monoisotopic (exact) mass is 169 g/mol. The zero-order chi connectivity index (χ0) is 9.14. The number of H-pyrrole nitrogens is 1. The zero-order valence-corrected chi connectivity index (χ0v) is 6.74. The van der Waals surface area contributed by atoms with Gasteiger partial charge in [0, 0.05) is 12.3 Å². The van der Waals surface area contributed by atoms with Crippen molar-refractivity contribution in [1.82, 2.24) is 4.98 Å². The number of pyridine rings is 1. The number of aromatic amines is 1. The van der Waals surface area contributed by atoms with Crippen molar-refractivity contribution < 1.29 is 10.2 Å². The molecule has 1 aromatic heterocycles. The normalized spacial score (nSPS) is 12.8. The third kappa shape index (κ3) is 1.48. The molecule has 0 saturated carbocycles. The summed E-state index contributed by atoms with van der Waals surface area (Å²) in [6.45, 7) is 1.76. The SMILES string of the molecule is CCC(O)c1[nH]ccc(=O)c1O. The van der Waals surface area contributed by atoms with Crippen molar-refractivity contribution in [1.29, 1.82) is 0 Å². The van der Waals surface area contributed by atoms with Crippen LogP contribution in [0.1, 0.15) is 25.1 Å². The molecule has 1 aromatic rings. The van der Waals surface area contributed by atoms with Crippen molar-refractivity contribution in [3.05, 3.63) is 28.2 Å². The van der Waals surface area contributed by atoms with E-state index >= 15 is 0 Å². The summed E-state index contributed by atoms with van der Waals surface area (Å²) in [6, 6.07) is 1.21. The minimum absolute atomic E-state index is 0.185. The highest BCUT2D eigenvalue weighted by Gasteiger charge is 2.11. The molecule has 0 amide bonds. The highest BCUT2D eigenvalue weighted by Crippen LogP contribution is 2.19. The molecular weight excluding hydrogens is 158 g/mol. The van der Waals surface area contributed by atoms with E-state index in [2.05, 4.69) is 4.98 Å². The predicted molar refractivity (Wildman–Crippen MR) is 44.0 cm³/mol. The van der Waals surface area contributed by atoms with Crippen molar-refractivity contribution in [2.45, 2.75) is 19.4 Å². The Kier molecular flexibility index (Phi) is 2.50. The van der Waals surface area contributed by atoms with Gasteiger partial charge in [0.2, 0.25) is 5.43 Å². The molecule has 0 radical (unpaired) electrons. The van der Waals surface area contributed by atoms with Crippen LogP contribution in [-0.2, 0) is 0 Å². The van der Waals surface area contributed by atoms with Crippen LogP contribution in [0.15, 0.2) is 17.1 Å². The second-order valence-corrected chi connectivity index (χ2v) is 2.53. The minimum Gasteiger partial charge on any atom is -0.503 e. The first-order valence-electron chi connectivity index (χ1n) is 3.75. The Hall–Kier alpha value is -1.29. The van der Waals surface area contributed by atoms with Crippen LogP contribution in [-0.4, -0.2) is 15.2 Å². The van der Waals surface area contributed by atoms with Gasteiger partial charge in [0.05, 0.1) is 11.8 Å². The molecule has 66 valence electrons. The Bertz CT molecular complexity index is 318. The van der Waals surface area contributed by atoms with E-state index in [1.54, 1.807) is 6.92 Å². The quantitative estimate of drug-likeness (QED) is 0.604. The van der Waals surface area contributed by atoms with E-state index < -0.39 is 17.3 Å². The fraction of sp³-hybridized carbons (Fsp3) is 0.375. The van der Waals surface area contributed by atoms with E-state index in [1.807, 2.05) is 0 Å². The van der Waals surface area contributed by atoms with Crippen LogP contribution in [0, 0.1) is 0 Å². The first kappa shape index (κ1) is 8.80. The summed E-state index contributed by atoms with van der Waals surface area (Å²) >= 11 is 0. The molecule has 0 spiro atoms. The summed E-state index contributed by atoms with van der Waals surface area (Å²) in [5, 5.41) is 18.5. The Morgan fingerprint density at radius 1 is 1.67 bits per heavy atom. The van der Waals surface area contributed by atoms with Gasteiger partial charge in [0.1, 0.15) is 0 Å². The van der Waals surface area contributed by atoms with Crippen LogP contribution in [0.25, 0.3) is 0 Å². The lowest BCUT2D eigenvalue weighted by molar-refractivity contribution is 0.164. The molecule has 0 aromatic carbocycles. The topological polar surface area (TPSA) is 73.3 Å². The number of aromatic nitrogens is 1. The number of aromatic hydroxyl groups is 1. The van der Waals surface area contributed by atoms with E-state index in [4.69, 9.17) is 0 Å². The van der Waals surface area contributed by atoms with Gasteiger partial charge >= 0.3 is 0 Å². The fourth-order valence-corrected chi connectivity index (χ4v) is 0.945. The van der Waals surface area contributed by atoms with Gasteiger partial charge in [-0.05, 0) is 6.42 Å². The lowest BCUT2D eigenvalue weighted by Gasteiger charge is -2.08. The number of hydrogen-bond acceptors (Lipinski definition) is 3. The van der Waals surface area contributed by atoms with Gasteiger partial charge in [0.25, 0.3) is 0 Å². The molecule has 3 N–H and O–H groups in total. The summed E-state index contributed by atoms with van der Waals surface area (Å²) in [5.74, 6) is -0.396. The van der Waals surface area contributed by atoms with Gasteiger partial charge in [-0.3, -0.25) is 4.79 Å². The lowest BCUT2D eigenvalue weighted by Crippen LogP contribution is -2.07. The number of hydrogen-bond donors (Lipinski definition) is 3. The maximum atomic E-state index is 10.9. The smallest absolute Gasteiger partial charge is 0.223 e. The van der Waals surface area contributed by atoms with E-state index in [9.17, 15) is 15.0 Å². The van der Waals surface area contributed by atoms with Crippen molar-refractivity contribution in [3.8, 4) is 5.75 Å². The molecule has 1 rings (SSSR count). The van der Waals surface area contributed by atoms with Gasteiger partial charge in [-0.2, -0.15) is 0 Å². The largest absolute Gasteiger partial charge is 0.503 e. The van der Waals surface area contributed by atoms with Crippen molar-refractivity contribution >= 4 is 0 Å². The first-order chi connectivity index (χ1) is 5.66.